The first kappa shape index (κ1) is 11.4. The Labute approximate surface area is 99.4 Å². The van der Waals surface area contributed by atoms with Gasteiger partial charge in [-0.15, -0.1) is 0 Å². The number of hydrogen-bond acceptors (Lipinski definition) is 3. The van der Waals surface area contributed by atoms with Crippen LogP contribution in [0.3, 0.4) is 0 Å². The largest absolute Gasteiger partial charge is 0.462 e. The van der Waals surface area contributed by atoms with Crippen LogP contribution in [0.1, 0.15) is 17.3 Å². The van der Waals surface area contributed by atoms with Gasteiger partial charge in [-0.25, -0.2) is 9.59 Å². The number of nitrogens with zero attached hydrogens (tertiary/aromatic N) is 1. The van der Waals surface area contributed by atoms with E-state index in [0.717, 1.165) is 0 Å². The fraction of sp³-hybridized carbons (Fsp3) is 0.333. The zero-order chi connectivity index (χ0) is 12.3. The van der Waals surface area contributed by atoms with Gasteiger partial charge in [0.2, 0.25) is 0 Å². The minimum Gasteiger partial charge on any atom is -0.462 e. The molecule has 0 saturated carbocycles. The van der Waals surface area contributed by atoms with Gasteiger partial charge in [0.25, 0.3) is 0 Å². The minimum atomic E-state index is -0.367. The van der Waals surface area contributed by atoms with Gasteiger partial charge in [-0.1, -0.05) is 6.07 Å². The van der Waals surface area contributed by atoms with Crippen molar-refractivity contribution in [2.24, 2.45) is 0 Å². The normalized spacial score (nSPS) is 14.6. The number of rotatable bonds is 3. The van der Waals surface area contributed by atoms with Crippen molar-refractivity contribution >= 4 is 17.7 Å². The molecule has 1 fully saturated rings. The van der Waals surface area contributed by atoms with Gasteiger partial charge in [-0.3, -0.25) is 4.90 Å². The Hall–Kier alpha value is -2.04. The summed E-state index contributed by atoms with van der Waals surface area (Å²) in [5, 5.41) is 2.71. The summed E-state index contributed by atoms with van der Waals surface area (Å²) in [6, 6.07) is 6.75. The topological polar surface area (TPSA) is 58.6 Å². The molecule has 1 aromatic rings. The van der Waals surface area contributed by atoms with Crippen LogP contribution in [0.4, 0.5) is 10.5 Å². The van der Waals surface area contributed by atoms with Crippen LogP contribution in [0, 0.1) is 0 Å². The van der Waals surface area contributed by atoms with Crippen LogP contribution >= 0.6 is 0 Å². The highest BCUT2D eigenvalue weighted by molar-refractivity contribution is 5.96. The van der Waals surface area contributed by atoms with E-state index >= 15 is 0 Å². The lowest BCUT2D eigenvalue weighted by molar-refractivity contribution is 0.0526. The van der Waals surface area contributed by atoms with Gasteiger partial charge in [0.15, 0.2) is 0 Å². The summed E-state index contributed by atoms with van der Waals surface area (Å²) in [5.41, 5.74) is 1.18. The molecule has 2 rings (SSSR count). The first-order valence-electron chi connectivity index (χ1n) is 5.55. The maximum atomic E-state index is 11.6. The number of urea groups is 1. The van der Waals surface area contributed by atoms with Crippen molar-refractivity contribution in [1.29, 1.82) is 0 Å². The van der Waals surface area contributed by atoms with E-state index in [1.165, 1.54) is 0 Å². The van der Waals surface area contributed by atoms with E-state index in [0.29, 0.717) is 30.9 Å². The predicted octanol–water partition coefficient (Wildman–Crippen LogP) is 1.39. The summed E-state index contributed by atoms with van der Waals surface area (Å²) in [4.78, 5) is 24.6. The maximum Gasteiger partial charge on any atom is 0.338 e. The van der Waals surface area contributed by atoms with Gasteiger partial charge in [-0.2, -0.15) is 0 Å². The summed E-state index contributed by atoms with van der Waals surface area (Å²) < 4.78 is 4.91. The zero-order valence-corrected chi connectivity index (χ0v) is 9.60. The predicted molar refractivity (Wildman–Crippen MR) is 63.1 cm³/mol. The molecule has 0 bridgehead atoms. The van der Waals surface area contributed by atoms with Crippen molar-refractivity contribution in [2.45, 2.75) is 6.92 Å². The fourth-order valence-corrected chi connectivity index (χ4v) is 1.73. The number of amides is 2. The van der Waals surface area contributed by atoms with E-state index in [4.69, 9.17) is 4.74 Å². The molecule has 1 aromatic carbocycles. The average molecular weight is 234 g/mol. The van der Waals surface area contributed by atoms with Crippen LogP contribution in [0.25, 0.3) is 0 Å². The first-order valence-corrected chi connectivity index (χ1v) is 5.55. The van der Waals surface area contributed by atoms with Gasteiger partial charge in [-0.05, 0) is 25.1 Å². The average Bonchev–Trinajstić information content (AvgIpc) is 2.76. The molecule has 0 aromatic heterocycles. The number of nitrogens with one attached hydrogen (secondary N) is 1. The van der Waals surface area contributed by atoms with E-state index in [2.05, 4.69) is 5.32 Å². The minimum absolute atomic E-state index is 0.133. The molecule has 1 aliphatic rings. The molecule has 5 heteroatoms. The third-order valence-corrected chi connectivity index (χ3v) is 2.53. The van der Waals surface area contributed by atoms with E-state index < -0.39 is 0 Å². The third-order valence-electron chi connectivity index (χ3n) is 2.53. The lowest BCUT2D eigenvalue weighted by atomic mass is 10.2. The highest BCUT2D eigenvalue weighted by atomic mass is 16.5. The zero-order valence-electron chi connectivity index (χ0n) is 9.60. The quantitative estimate of drug-likeness (QED) is 0.804. The highest BCUT2D eigenvalue weighted by Gasteiger charge is 2.21. The monoisotopic (exact) mass is 234 g/mol. The Bertz CT molecular complexity index is 445. The van der Waals surface area contributed by atoms with Crippen molar-refractivity contribution in [3.63, 3.8) is 0 Å². The molecule has 1 N–H and O–H groups in total. The summed E-state index contributed by atoms with van der Waals surface area (Å²) in [6.07, 6.45) is 0. The number of anilines is 1. The second-order valence-corrected chi connectivity index (χ2v) is 3.65. The van der Waals surface area contributed by atoms with Crippen molar-refractivity contribution in [1.82, 2.24) is 5.32 Å². The number of esters is 1. The number of ether oxygens (including phenoxy) is 1. The van der Waals surface area contributed by atoms with E-state index in [1.807, 2.05) is 0 Å². The van der Waals surface area contributed by atoms with Crippen LogP contribution in [0.5, 0.6) is 0 Å². The lowest BCUT2D eigenvalue weighted by Crippen LogP contribution is -2.27. The Morgan fingerprint density at radius 3 is 3.00 bits per heavy atom. The Morgan fingerprint density at radius 2 is 2.35 bits per heavy atom. The number of hydrogen-bond donors (Lipinski definition) is 1. The standard InChI is InChI=1S/C12H14N2O3/c1-2-17-11(15)9-4-3-5-10(8-9)14-7-6-13-12(14)16/h3-5,8H,2,6-7H2,1H3,(H,13,16). The molecule has 0 aliphatic carbocycles. The molecule has 1 aliphatic heterocycles. The summed E-state index contributed by atoms with van der Waals surface area (Å²) in [6.45, 7) is 3.34. The van der Waals surface area contributed by atoms with Crippen molar-refractivity contribution in [3.05, 3.63) is 29.8 Å². The van der Waals surface area contributed by atoms with Crippen molar-refractivity contribution in [2.75, 3.05) is 24.6 Å². The molecule has 1 heterocycles. The van der Waals surface area contributed by atoms with Gasteiger partial charge in [0, 0.05) is 18.8 Å². The Balaban J connectivity index is 2.22. The van der Waals surface area contributed by atoms with Gasteiger partial charge >= 0.3 is 12.0 Å². The van der Waals surface area contributed by atoms with Crippen LogP contribution in [-0.4, -0.2) is 31.7 Å². The fourth-order valence-electron chi connectivity index (χ4n) is 1.73. The molecule has 1 saturated heterocycles. The molecule has 2 amide bonds. The van der Waals surface area contributed by atoms with Crippen LogP contribution in [-0.2, 0) is 4.74 Å². The van der Waals surface area contributed by atoms with Crippen molar-refractivity contribution in [3.8, 4) is 0 Å². The second-order valence-electron chi connectivity index (χ2n) is 3.65. The molecule has 5 nitrogen and oxygen atoms in total. The van der Waals surface area contributed by atoms with Gasteiger partial charge < -0.3 is 10.1 Å². The molecular formula is C12H14N2O3. The molecule has 90 valence electrons. The molecule has 0 unspecified atom stereocenters. The number of carbonyl (C=O) groups is 2. The van der Waals surface area contributed by atoms with Crippen LogP contribution < -0.4 is 10.2 Å². The van der Waals surface area contributed by atoms with E-state index in [-0.39, 0.29) is 12.0 Å². The van der Waals surface area contributed by atoms with E-state index in [9.17, 15) is 9.59 Å². The smallest absolute Gasteiger partial charge is 0.338 e. The SMILES string of the molecule is CCOC(=O)c1cccc(N2CCNC2=O)c1. The Kier molecular flexibility index (Phi) is 3.27. The van der Waals surface area contributed by atoms with Gasteiger partial charge in [0.1, 0.15) is 0 Å². The highest BCUT2D eigenvalue weighted by Crippen LogP contribution is 2.18. The summed E-state index contributed by atoms with van der Waals surface area (Å²) in [5.74, 6) is -0.367. The number of carbonyl (C=O) groups excluding carboxylic acids is 2. The maximum absolute atomic E-state index is 11.6. The van der Waals surface area contributed by atoms with Crippen LogP contribution in [0.15, 0.2) is 24.3 Å². The van der Waals surface area contributed by atoms with Gasteiger partial charge in [0.05, 0.1) is 12.2 Å². The van der Waals surface area contributed by atoms with E-state index in [1.54, 1.807) is 36.1 Å². The third kappa shape index (κ3) is 2.38. The van der Waals surface area contributed by atoms with Crippen LogP contribution in [0.2, 0.25) is 0 Å². The molecule has 0 atom stereocenters. The molecule has 0 spiro atoms. The summed E-state index contributed by atoms with van der Waals surface area (Å²) in [7, 11) is 0. The lowest BCUT2D eigenvalue weighted by Gasteiger charge is -2.14. The second kappa shape index (κ2) is 4.86. The molecular weight excluding hydrogens is 220 g/mol. The molecule has 17 heavy (non-hydrogen) atoms. The summed E-state index contributed by atoms with van der Waals surface area (Å²) >= 11 is 0. The molecule has 0 radical (unpaired) electrons. The number of benzene rings is 1. The Morgan fingerprint density at radius 1 is 1.53 bits per heavy atom. The first-order chi connectivity index (χ1) is 8.22. The van der Waals surface area contributed by atoms with Crippen molar-refractivity contribution < 1.29 is 14.3 Å².